The highest BCUT2D eigenvalue weighted by Gasteiger charge is 2.24. The Morgan fingerprint density at radius 2 is 1.82 bits per heavy atom. The first-order valence-electron chi connectivity index (χ1n) is 4.91. The molecule has 0 unspecified atom stereocenters. The molecule has 92 valence electrons. The van der Waals surface area contributed by atoms with Gasteiger partial charge < -0.3 is 5.11 Å². The molecule has 0 fully saturated rings. The molecule has 1 aromatic carbocycles. The van der Waals surface area contributed by atoms with Crippen molar-refractivity contribution in [3.05, 3.63) is 36.8 Å². The molecular formula is C11H12BrNO4. The smallest absolute Gasteiger partial charge is 0.307 e. The normalized spacial score (nSPS) is 10.4. The summed E-state index contributed by atoms with van der Waals surface area (Å²) >= 11 is 3.28. The van der Waals surface area contributed by atoms with Crippen LogP contribution in [0, 0.1) is 30.9 Å². The molecule has 0 aromatic heterocycles. The van der Waals surface area contributed by atoms with Gasteiger partial charge in [0.1, 0.15) is 0 Å². The first kappa shape index (κ1) is 13.6. The van der Waals surface area contributed by atoms with Gasteiger partial charge >= 0.3 is 5.97 Å². The number of aliphatic carboxylic acids is 1. The van der Waals surface area contributed by atoms with E-state index in [1.54, 1.807) is 20.8 Å². The first-order valence-corrected chi connectivity index (χ1v) is 5.71. The fourth-order valence-corrected chi connectivity index (χ4v) is 2.34. The molecular weight excluding hydrogens is 290 g/mol. The van der Waals surface area contributed by atoms with Crippen LogP contribution in [-0.2, 0) is 11.2 Å². The maximum atomic E-state index is 11.0. The Balaban J connectivity index is 3.61. The summed E-state index contributed by atoms with van der Waals surface area (Å²) in [4.78, 5) is 21.3. The highest BCUT2D eigenvalue weighted by molar-refractivity contribution is 9.10. The Hall–Kier alpha value is -1.43. The standard InChI is InChI=1S/C11H12BrNO4/c1-5-8(4-9(14)15)6(2)11(13(16)17)7(3)10(5)12/h4H2,1-3H3,(H,14,15). The molecule has 0 radical (unpaired) electrons. The zero-order chi connectivity index (χ0) is 13.3. The van der Waals surface area contributed by atoms with Gasteiger partial charge in [0, 0.05) is 15.6 Å². The third kappa shape index (κ3) is 2.46. The van der Waals surface area contributed by atoms with Crippen molar-refractivity contribution in [3.8, 4) is 0 Å². The zero-order valence-corrected chi connectivity index (χ0v) is 11.3. The van der Waals surface area contributed by atoms with E-state index in [2.05, 4.69) is 15.9 Å². The molecule has 0 heterocycles. The molecule has 1 N–H and O–H groups in total. The minimum atomic E-state index is -0.999. The highest BCUT2D eigenvalue weighted by Crippen LogP contribution is 2.36. The highest BCUT2D eigenvalue weighted by atomic mass is 79.9. The summed E-state index contributed by atoms with van der Waals surface area (Å²) in [5, 5.41) is 19.8. The van der Waals surface area contributed by atoms with Gasteiger partial charge in [-0.3, -0.25) is 14.9 Å². The van der Waals surface area contributed by atoms with Crippen molar-refractivity contribution in [2.24, 2.45) is 0 Å². The van der Waals surface area contributed by atoms with E-state index in [4.69, 9.17) is 5.11 Å². The lowest BCUT2D eigenvalue weighted by atomic mass is 9.95. The van der Waals surface area contributed by atoms with Crippen molar-refractivity contribution in [1.29, 1.82) is 0 Å². The van der Waals surface area contributed by atoms with Gasteiger partial charge in [0.25, 0.3) is 5.69 Å². The van der Waals surface area contributed by atoms with E-state index >= 15 is 0 Å². The second-order valence-electron chi connectivity index (χ2n) is 3.84. The fourth-order valence-electron chi connectivity index (χ4n) is 1.91. The van der Waals surface area contributed by atoms with Crippen LogP contribution in [0.4, 0.5) is 5.69 Å². The minimum Gasteiger partial charge on any atom is -0.481 e. The molecule has 0 saturated carbocycles. The molecule has 0 saturated heterocycles. The van der Waals surface area contributed by atoms with Gasteiger partial charge in [-0.1, -0.05) is 0 Å². The van der Waals surface area contributed by atoms with Gasteiger partial charge in [0.15, 0.2) is 0 Å². The number of nitro benzene ring substituents is 1. The topological polar surface area (TPSA) is 80.4 Å². The third-order valence-corrected chi connectivity index (χ3v) is 3.97. The van der Waals surface area contributed by atoms with Crippen LogP contribution in [0.2, 0.25) is 0 Å². The quantitative estimate of drug-likeness (QED) is 0.687. The minimum absolute atomic E-state index is 0.0151. The number of nitro groups is 1. The number of halogens is 1. The maximum Gasteiger partial charge on any atom is 0.307 e. The van der Waals surface area contributed by atoms with Gasteiger partial charge in [0.05, 0.1) is 11.3 Å². The van der Waals surface area contributed by atoms with Crippen molar-refractivity contribution in [2.45, 2.75) is 27.2 Å². The lowest BCUT2D eigenvalue weighted by molar-refractivity contribution is -0.386. The van der Waals surface area contributed by atoms with Crippen LogP contribution >= 0.6 is 15.9 Å². The van der Waals surface area contributed by atoms with Crippen LogP contribution in [0.1, 0.15) is 22.3 Å². The van der Waals surface area contributed by atoms with E-state index < -0.39 is 10.9 Å². The molecule has 5 nitrogen and oxygen atoms in total. The van der Waals surface area contributed by atoms with E-state index in [1.807, 2.05) is 0 Å². The van der Waals surface area contributed by atoms with Crippen molar-refractivity contribution in [2.75, 3.05) is 0 Å². The average Bonchev–Trinajstić information content (AvgIpc) is 2.21. The maximum absolute atomic E-state index is 11.0. The lowest BCUT2D eigenvalue weighted by Gasteiger charge is -2.13. The summed E-state index contributed by atoms with van der Waals surface area (Å²) in [5.41, 5.74) is 2.18. The number of carbonyl (C=O) groups is 1. The molecule has 0 bridgehead atoms. The number of nitrogens with zero attached hydrogens (tertiary/aromatic N) is 1. The number of hydrogen-bond acceptors (Lipinski definition) is 3. The van der Waals surface area contributed by atoms with Gasteiger partial charge in [-0.25, -0.2) is 0 Å². The summed E-state index contributed by atoms with van der Waals surface area (Å²) in [5.74, 6) is -0.999. The molecule has 17 heavy (non-hydrogen) atoms. The Kier molecular flexibility index (Phi) is 3.87. The fraction of sp³-hybridized carbons (Fsp3) is 0.364. The number of carboxylic acids is 1. The predicted molar refractivity (Wildman–Crippen MR) is 66.3 cm³/mol. The summed E-state index contributed by atoms with van der Waals surface area (Å²) in [6, 6.07) is 0. The third-order valence-electron chi connectivity index (χ3n) is 2.78. The van der Waals surface area contributed by atoms with Gasteiger partial charge in [-0.2, -0.15) is 0 Å². The Bertz CT molecular complexity index is 511. The van der Waals surface area contributed by atoms with Crippen LogP contribution in [0.3, 0.4) is 0 Å². The molecule has 0 amide bonds. The van der Waals surface area contributed by atoms with E-state index in [-0.39, 0.29) is 12.1 Å². The van der Waals surface area contributed by atoms with E-state index in [1.165, 1.54) is 0 Å². The molecule has 0 aliphatic rings. The van der Waals surface area contributed by atoms with Crippen LogP contribution in [-0.4, -0.2) is 16.0 Å². The largest absolute Gasteiger partial charge is 0.481 e. The van der Waals surface area contributed by atoms with Crippen molar-refractivity contribution < 1.29 is 14.8 Å². The van der Waals surface area contributed by atoms with Crippen molar-refractivity contribution >= 4 is 27.6 Å². The zero-order valence-electron chi connectivity index (χ0n) is 9.70. The second kappa shape index (κ2) is 4.83. The van der Waals surface area contributed by atoms with E-state index in [0.29, 0.717) is 21.2 Å². The summed E-state index contributed by atoms with van der Waals surface area (Å²) in [6.07, 6.45) is -0.211. The Morgan fingerprint density at radius 1 is 1.29 bits per heavy atom. The number of rotatable bonds is 3. The summed E-state index contributed by atoms with van der Waals surface area (Å²) in [7, 11) is 0. The lowest BCUT2D eigenvalue weighted by Crippen LogP contribution is -2.08. The van der Waals surface area contributed by atoms with Gasteiger partial charge in [-0.05, 0) is 47.8 Å². The summed E-state index contributed by atoms with van der Waals surface area (Å²) in [6.45, 7) is 4.99. The molecule has 1 aromatic rings. The van der Waals surface area contributed by atoms with Crippen LogP contribution in [0.15, 0.2) is 4.47 Å². The monoisotopic (exact) mass is 301 g/mol. The molecule has 0 atom stereocenters. The van der Waals surface area contributed by atoms with E-state index in [9.17, 15) is 14.9 Å². The average molecular weight is 302 g/mol. The Labute approximate surface area is 107 Å². The number of benzene rings is 1. The number of carboxylic acid groups (broad SMARTS) is 1. The van der Waals surface area contributed by atoms with Crippen LogP contribution in [0.25, 0.3) is 0 Å². The second-order valence-corrected chi connectivity index (χ2v) is 4.64. The first-order chi connectivity index (χ1) is 7.77. The molecule has 1 rings (SSSR count). The van der Waals surface area contributed by atoms with Crippen molar-refractivity contribution in [1.82, 2.24) is 0 Å². The molecule has 0 aliphatic heterocycles. The van der Waals surface area contributed by atoms with Crippen molar-refractivity contribution in [3.63, 3.8) is 0 Å². The molecule has 0 aliphatic carbocycles. The Morgan fingerprint density at radius 3 is 2.24 bits per heavy atom. The number of hydrogen-bond donors (Lipinski definition) is 1. The predicted octanol–water partition coefficient (Wildman–Crippen LogP) is 2.91. The molecule has 0 spiro atoms. The summed E-state index contributed by atoms with van der Waals surface area (Å²) < 4.78 is 0.603. The van der Waals surface area contributed by atoms with Gasteiger partial charge in [-0.15, -0.1) is 0 Å². The molecule has 6 heteroatoms. The van der Waals surface area contributed by atoms with Crippen LogP contribution < -0.4 is 0 Å². The van der Waals surface area contributed by atoms with Gasteiger partial charge in [0.2, 0.25) is 0 Å². The van der Waals surface area contributed by atoms with E-state index in [0.717, 1.165) is 5.56 Å². The SMILES string of the molecule is Cc1c(Br)c(C)c([N+](=O)[O-])c(C)c1CC(=O)O. The van der Waals surface area contributed by atoms with Crippen LogP contribution in [0.5, 0.6) is 0 Å².